The van der Waals surface area contributed by atoms with Gasteiger partial charge < -0.3 is 9.64 Å². The standard InChI is InChI=1S/C16H22F3N3O2/c1-13(14-3-2-5-20-11-14)21-6-8-22(9-7-21)15(23)4-10-24-12-16(17,18)19/h2-3,5,11,13H,4,6-10,12H2,1H3/t13-/m1/s1. The maximum absolute atomic E-state index is 12.0. The van der Waals surface area contributed by atoms with E-state index in [9.17, 15) is 18.0 Å². The van der Waals surface area contributed by atoms with Crippen LogP contribution < -0.4 is 0 Å². The molecule has 0 saturated carbocycles. The van der Waals surface area contributed by atoms with E-state index in [1.165, 1.54) is 0 Å². The van der Waals surface area contributed by atoms with Gasteiger partial charge in [-0.2, -0.15) is 13.2 Å². The Morgan fingerprint density at radius 1 is 1.33 bits per heavy atom. The second-order valence-electron chi connectivity index (χ2n) is 5.80. The molecule has 0 radical (unpaired) electrons. The Balaban J connectivity index is 1.71. The number of nitrogens with zero attached hydrogens (tertiary/aromatic N) is 3. The summed E-state index contributed by atoms with van der Waals surface area (Å²) in [7, 11) is 0. The lowest BCUT2D eigenvalue weighted by Gasteiger charge is -2.38. The molecule has 1 aliphatic rings. The first-order valence-corrected chi connectivity index (χ1v) is 7.93. The topological polar surface area (TPSA) is 45.7 Å². The lowest BCUT2D eigenvalue weighted by Crippen LogP contribution is -2.49. The second-order valence-corrected chi connectivity index (χ2v) is 5.80. The number of pyridine rings is 1. The molecule has 1 aromatic rings. The van der Waals surface area contributed by atoms with Gasteiger partial charge >= 0.3 is 6.18 Å². The van der Waals surface area contributed by atoms with Gasteiger partial charge in [-0.1, -0.05) is 6.07 Å². The van der Waals surface area contributed by atoms with E-state index >= 15 is 0 Å². The normalized spacial score (nSPS) is 17.8. The molecule has 134 valence electrons. The van der Waals surface area contributed by atoms with E-state index in [0.717, 1.165) is 18.7 Å². The summed E-state index contributed by atoms with van der Waals surface area (Å²) < 4.78 is 40.4. The lowest BCUT2D eigenvalue weighted by molar-refractivity contribution is -0.175. The molecule has 0 bridgehead atoms. The van der Waals surface area contributed by atoms with Crippen LogP contribution in [0, 0.1) is 0 Å². The first kappa shape index (κ1) is 18.7. The van der Waals surface area contributed by atoms with Gasteiger partial charge in [0.25, 0.3) is 0 Å². The van der Waals surface area contributed by atoms with Crippen molar-refractivity contribution in [2.24, 2.45) is 0 Å². The van der Waals surface area contributed by atoms with Gasteiger partial charge in [0.05, 0.1) is 13.0 Å². The molecule has 1 aromatic heterocycles. The molecule has 24 heavy (non-hydrogen) atoms. The Morgan fingerprint density at radius 2 is 2.04 bits per heavy atom. The highest BCUT2D eigenvalue weighted by molar-refractivity contribution is 5.76. The Kier molecular flexibility index (Phi) is 6.56. The van der Waals surface area contributed by atoms with Crippen LogP contribution in [0.5, 0.6) is 0 Å². The van der Waals surface area contributed by atoms with Gasteiger partial charge in [-0.15, -0.1) is 0 Å². The average Bonchev–Trinajstić information content (AvgIpc) is 2.58. The molecule has 2 heterocycles. The number of piperazine rings is 1. The second kappa shape index (κ2) is 8.43. The fourth-order valence-corrected chi connectivity index (χ4v) is 2.70. The highest BCUT2D eigenvalue weighted by Crippen LogP contribution is 2.21. The highest BCUT2D eigenvalue weighted by Gasteiger charge is 2.28. The Bertz CT molecular complexity index is 517. The molecule has 0 aliphatic carbocycles. The maximum Gasteiger partial charge on any atom is 0.411 e. The van der Waals surface area contributed by atoms with Gasteiger partial charge in [0.1, 0.15) is 6.61 Å². The zero-order valence-electron chi connectivity index (χ0n) is 13.6. The van der Waals surface area contributed by atoms with Crippen LogP contribution in [0.15, 0.2) is 24.5 Å². The summed E-state index contributed by atoms with van der Waals surface area (Å²) in [4.78, 5) is 20.1. The van der Waals surface area contributed by atoms with Crippen molar-refractivity contribution in [3.63, 3.8) is 0 Å². The van der Waals surface area contributed by atoms with Crippen molar-refractivity contribution in [1.29, 1.82) is 0 Å². The molecule has 0 aromatic carbocycles. The summed E-state index contributed by atoms with van der Waals surface area (Å²) in [5.74, 6) is -0.161. The predicted molar refractivity (Wildman–Crippen MR) is 82.3 cm³/mol. The number of alkyl halides is 3. The van der Waals surface area contributed by atoms with Crippen LogP contribution in [-0.4, -0.2) is 66.3 Å². The van der Waals surface area contributed by atoms with Gasteiger partial charge in [0, 0.05) is 44.6 Å². The fourth-order valence-electron chi connectivity index (χ4n) is 2.70. The molecule has 0 spiro atoms. The number of aromatic nitrogens is 1. The van der Waals surface area contributed by atoms with Gasteiger partial charge in [-0.3, -0.25) is 14.7 Å². The van der Waals surface area contributed by atoms with Crippen LogP contribution in [0.25, 0.3) is 0 Å². The predicted octanol–water partition coefficient (Wildman–Crippen LogP) is 2.26. The number of ether oxygens (including phenoxy) is 1. The van der Waals surface area contributed by atoms with Gasteiger partial charge in [0.15, 0.2) is 0 Å². The van der Waals surface area contributed by atoms with E-state index in [-0.39, 0.29) is 25.0 Å². The van der Waals surface area contributed by atoms with Crippen molar-refractivity contribution in [3.05, 3.63) is 30.1 Å². The molecule has 0 unspecified atom stereocenters. The first-order valence-electron chi connectivity index (χ1n) is 7.93. The van der Waals surface area contributed by atoms with Gasteiger partial charge in [0.2, 0.25) is 5.91 Å². The van der Waals surface area contributed by atoms with E-state index in [0.29, 0.717) is 13.1 Å². The van der Waals surface area contributed by atoms with Crippen molar-refractivity contribution >= 4 is 5.91 Å². The SMILES string of the molecule is C[C@H](c1cccnc1)N1CCN(C(=O)CCOCC(F)(F)F)CC1. The number of hydrogen-bond donors (Lipinski definition) is 0. The van der Waals surface area contributed by atoms with Crippen molar-refractivity contribution in [3.8, 4) is 0 Å². The zero-order chi connectivity index (χ0) is 17.6. The molecule has 1 amide bonds. The highest BCUT2D eigenvalue weighted by atomic mass is 19.4. The molecule has 5 nitrogen and oxygen atoms in total. The van der Waals surface area contributed by atoms with E-state index in [1.807, 2.05) is 18.3 Å². The summed E-state index contributed by atoms with van der Waals surface area (Å²) in [6.07, 6.45) is -0.806. The molecule has 1 atom stereocenters. The quantitative estimate of drug-likeness (QED) is 0.742. The Morgan fingerprint density at radius 3 is 2.62 bits per heavy atom. The van der Waals surface area contributed by atoms with Crippen LogP contribution >= 0.6 is 0 Å². The minimum atomic E-state index is -4.35. The zero-order valence-corrected chi connectivity index (χ0v) is 13.6. The third kappa shape index (κ3) is 5.76. The largest absolute Gasteiger partial charge is 0.411 e. The van der Waals surface area contributed by atoms with Crippen LogP contribution in [0.3, 0.4) is 0 Å². The van der Waals surface area contributed by atoms with Crippen LogP contribution in [0.1, 0.15) is 24.9 Å². The van der Waals surface area contributed by atoms with Crippen LogP contribution in [0.2, 0.25) is 0 Å². The summed E-state index contributed by atoms with van der Waals surface area (Å²) >= 11 is 0. The molecule has 0 N–H and O–H groups in total. The molecule has 2 rings (SSSR count). The lowest BCUT2D eigenvalue weighted by atomic mass is 10.1. The number of carbonyl (C=O) groups is 1. The Labute approximate surface area is 139 Å². The Hall–Kier alpha value is -1.67. The summed E-state index contributed by atoms with van der Waals surface area (Å²) in [5.41, 5.74) is 1.12. The number of rotatable bonds is 6. The number of hydrogen-bond acceptors (Lipinski definition) is 4. The summed E-state index contributed by atoms with van der Waals surface area (Å²) in [6, 6.07) is 4.13. The monoisotopic (exact) mass is 345 g/mol. The summed E-state index contributed by atoms with van der Waals surface area (Å²) in [6.45, 7) is 3.18. The smallest absolute Gasteiger partial charge is 0.372 e. The van der Waals surface area contributed by atoms with E-state index < -0.39 is 12.8 Å². The van der Waals surface area contributed by atoms with Gasteiger partial charge in [-0.25, -0.2) is 0 Å². The minimum Gasteiger partial charge on any atom is -0.372 e. The number of amides is 1. The van der Waals surface area contributed by atoms with Crippen molar-refractivity contribution in [1.82, 2.24) is 14.8 Å². The van der Waals surface area contributed by atoms with Crippen molar-refractivity contribution < 1.29 is 22.7 Å². The molecule has 1 aliphatic heterocycles. The van der Waals surface area contributed by atoms with Crippen LogP contribution in [0.4, 0.5) is 13.2 Å². The number of halogens is 3. The van der Waals surface area contributed by atoms with Crippen molar-refractivity contribution in [2.75, 3.05) is 39.4 Å². The van der Waals surface area contributed by atoms with Crippen molar-refractivity contribution in [2.45, 2.75) is 25.6 Å². The van der Waals surface area contributed by atoms with E-state index in [2.05, 4.69) is 21.5 Å². The maximum atomic E-state index is 12.0. The third-order valence-electron chi connectivity index (χ3n) is 4.11. The first-order chi connectivity index (χ1) is 11.4. The summed E-state index contributed by atoms with van der Waals surface area (Å²) in [5, 5.41) is 0. The fraction of sp³-hybridized carbons (Fsp3) is 0.625. The molecular weight excluding hydrogens is 323 g/mol. The molecule has 1 saturated heterocycles. The van der Waals surface area contributed by atoms with Gasteiger partial charge in [-0.05, 0) is 18.6 Å². The third-order valence-corrected chi connectivity index (χ3v) is 4.11. The molecule has 8 heteroatoms. The van der Waals surface area contributed by atoms with E-state index in [1.54, 1.807) is 11.1 Å². The average molecular weight is 345 g/mol. The molecular formula is C16H22F3N3O2. The van der Waals surface area contributed by atoms with Crippen LogP contribution in [-0.2, 0) is 9.53 Å². The van der Waals surface area contributed by atoms with E-state index in [4.69, 9.17) is 0 Å². The number of carbonyl (C=O) groups excluding carboxylic acids is 1. The minimum absolute atomic E-state index is 0.0196. The molecule has 1 fully saturated rings.